The number of amides is 2. The fraction of sp³-hybridized carbons (Fsp3) is 0.214. The highest BCUT2D eigenvalue weighted by Crippen LogP contribution is 2.27. The molecule has 0 bridgehead atoms. The van der Waals surface area contributed by atoms with Gasteiger partial charge in [-0.25, -0.2) is 14.8 Å². The predicted octanol–water partition coefficient (Wildman–Crippen LogP) is 2.58. The maximum absolute atomic E-state index is 11.8. The number of methoxy groups -OCH3 is 2. The zero-order chi connectivity index (χ0) is 15.9. The number of nitrogens with one attached hydrogen (secondary N) is 2. The molecule has 0 aliphatic rings. The van der Waals surface area contributed by atoms with Crippen molar-refractivity contribution in [3.8, 4) is 11.5 Å². The van der Waals surface area contributed by atoms with Gasteiger partial charge in [0.15, 0.2) is 11.5 Å². The molecule has 2 amide bonds. The highest BCUT2D eigenvalue weighted by Gasteiger charge is 2.07. The Bertz CT molecular complexity index is 649. The van der Waals surface area contributed by atoms with E-state index < -0.39 is 6.03 Å². The summed E-state index contributed by atoms with van der Waals surface area (Å²) in [5.41, 5.74) is 0.879. The highest BCUT2D eigenvalue weighted by molar-refractivity contribution is 9.10. The third-order valence-electron chi connectivity index (χ3n) is 2.75. The lowest BCUT2D eigenvalue weighted by molar-refractivity contribution is 0.251. The van der Waals surface area contributed by atoms with Gasteiger partial charge < -0.3 is 14.8 Å². The molecule has 0 saturated carbocycles. The van der Waals surface area contributed by atoms with Crippen LogP contribution in [0.2, 0.25) is 0 Å². The molecular weight excluding hydrogens is 352 g/mol. The molecule has 1 aromatic heterocycles. The monoisotopic (exact) mass is 366 g/mol. The molecule has 0 radical (unpaired) electrons. The minimum atomic E-state index is -0.392. The molecule has 0 fully saturated rings. The molecule has 0 saturated heterocycles. The predicted molar refractivity (Wildman–Crippen MR) is 85.1 cm³/mol. The third kappa shape index (κ3) is 4.32. The van der Waals surface area contributed by atoms with Crippen molar-refractivity contribution in [2.75, 3.05) is 19.5 Å². The minimum absolute atomic E-state index is 0.230. The molecule has 2 aromatic rings. The third-order valence-corrected chi connectivity index (χ3v) is 3.16. The molecule has 22 heavy (non-hydrogen) atoms. The molecule has 0 aliphatic carbocycles. The Morgan fingerprint density at radius 2 is 1.86 bits per heavy atom. The standard InChI is InChI=1S/C14H15BrN4O3/c1-21-11-4-3-9(5-12(11)22-2)6-18-14(20)19-13-16-7-10(15)8-17-13/h3-5,7-8H,6H2,1-2H3,(H2,16,17,18,19,20). The Labute approximate surface area is 136 Å². The molecule has 1 heterocycles. The largest absolute Gasteiger partial charge is 0.493 e. The average Bonchev–Trinajstić information content (AvgIpc) is 2.54. The zero-order valence-electron chi connectivity index (χ0n) is 12.1. The van der Waals surface area contributed by atoms with Gasteiger partial charge in [0, 0.05) is 18.9 Å². The van der Waals surface area contributed by atoms with Crippen molar-refractivity contribution in [2.24, 2.45) is 0 Å². The van der Waals surface area contributed by atoms with E-state index in [1.54, 1.807) is 38.7 Å². The Balaban J connectivity index is 1.92. The van der Waals surface area contributed by atoms with Crippen molar-refractivity contribution in [3.05, 3.63) is 40.6 Å². The summed E-state index contributed by atoms with van der Waals surface area (Å²) in [5, 5.41) is 5.25. The number of urea groups is 1. The number of halogens is 1. The molecule has 7 nitrogen and oxygen atoms in total. The van der Waals surface area contributed by atoms with Gasteiger partial charge in [0.05, 0.1) is 18.7 Å². The summed E-state index contributed by atoms with van der Waals surface area (Å²) < 4.78 is 11.1. The first kappa shape index (κ1) is 16.0. The molecule has 1 aromatic carbocycles. The highest BCUT2D eigenvalue weighted by atomic mass is 79.9. The molecule has 8 heteroatoms. The summed E-state index contributed by atoms with van der Waals surface area (Å²) in [4.78, 5) is 19.7. The minimum Gasteiger partial charge on any atom is -0.493 e. The van der Waals surface area contributed by atoms with Gasteiger partial charge in [-0.2, -0.15) is 0 Å². The van der Waals surface area contributed by atoms with Crippen LogP contribution in [0.3, 0.4) is 0 Å². The summed E-state index contributed by atoms with van der Waals surface area (Å²) >= 11 is 3.22. The van der Waals surface area contributed by atoms with Crippen molar-refractivity contribution in [1.29, 1.82) is 0 Å². The molecule has 0 unspecified atom stereocenters. The van der Waals surface area contributed by atoms with Crippen molar-refractivity contribution in [1.82, 2.24) is 15.3 Å². The number of aromatic nitrogens is 2. The summed E-state index contributed by atoms with van der Waals surface area (Å²) in [6.45, 7) is 0.336. The van der Waals surface area contributed by atoms with E-state index >= 15 is 0 Å². The summed E-state index contributed by atoms with van der Waals surface area (Å²) in [7, 11) is 3.13. The van der Waals surface area contributed by atoms with E-state index in [1.807, 2.05) is 6.07 Å². The van der Waals surface area contributed by atoms with Crippen LogP contribution in [0.5, 0.6) is 11.5 Å². The summed E-state index contributed by atoms with van der Waals surface area (Å²) in [6, 6.07) is 5.04. The number of anilines is 1. The lowest BCUT2D eigenvalue weighted by atomic mass is 10.2. The van der Waals surface area contributed by atoms with Crippen LogP contribution in [0.15, 0.2) is 35.1 Å². The Hall–Kier alpha value is -2.35. The topological polar surface area (TPSA) is 85.4 Å². The maximum atomic E-state index is 11.8. The maximum Gasteiger partial charge on any atom is 0.321 e. The van der Waals surface area contributed by atoms with E-state index in [-0.39, 0.29) is 5.95 Å². The van der Waals surface area contributed by atoms with Gasteiger partial charge in [0.1, 0.15) is 0 Å². The number of nitrogens with zero attached hydrogens (tertiary/aromatic N) is 2. The molecule has 0 atom stereocenters. The van der Waals surface area contributed by atoms with E-state index in [9.17, 15) is 4.79 Å². The Morgan fingerprint density at radius 3 is 2.50 bits per heavy atom. The lowest BCUT2D eigenvalue weighted by Crippen LogP contribution is -2.28. The fourth-order valence-corrected chi connectivity index (χ4v) is 1.90. The second kappa shape index (κ2) is 7.60. The van der Waals surface area contributed by atoms with Crippen LogP contribution >= 0.6 is 15.9 Å². The van der Waals surface area contributed by atoms with Gasteiger partial charge in [-0.3, -0.25) is 5.32 Å². The van der Waals surface area contributed by atoms with Crippen LogP contribution in [-0.2, 0) is 6.54 Å². The SMILES string of the molecule is COc1ccc(CNC(=O)Nc2ncc(Br)cn2)cc1OC. The van der Waals surface area contributed by atoms with Crippen LogP contribution in [0.1, 0.15) is 5.56 Å². The second-order valence-electron chi connectivity index (χ2n) is 4.22. The molecule has 0 aliphatic heterocycles. The van der Waals surface area contributed by atoms with E-state index in [1.165, 1.54) is 0 Å². The zero-order valence-corrected chi connectivity index (χ0v) is 13.7. The van der Waals surface area contributed by atoms with Gasteiger partial charge in [0.25, 0.3) is 0 Å². The van der Waals surface area contributed by atoms with E-state index in [0.29, 0.717) is 18.0 Å². The first-order chi connectivity index (χ1) is 10.6. The Kier molecular flexibility index (Phi) is 5.54. The quantitative estimate of drug-likeness (QED) is 0.849. The number of benzene rings is 1. The van der Waals surface area contributed by atoms with Gasteiger partial charge in [-0.15, -0.1) is 0 Å². The first-order valence-electron chi connectivity index (χ1n) is 6.35. The van der Waals surface area contributed by atoms with Gasteiger partial charge in [-0.1, -0.05) is 6.07 Å². The molecular formula is C14H15BrN4O3. The summed E-state index contributed by atoms with van der Waals surface area (Å²) in [5.74, 6) is 1.48. The van der Waals surface area contributed by atoms with E-state index in [4.69, 9.17) is 9.47 Å². The second-order valence-corrected chi connectivity index (χ2v) is 5.14. The number of carbonyl (C=O) groups excluding carboxylic acids is 1. The number of hydrogen-bond donors (Lipinski definition) is 2. The first-order valence-corrected chi connectivity index (χ1v) is 7.15. The van der Waals surface area contributed by atoms with Crippen LogP contribution in [0.4, 0.5) is 10.7 Å². The van der Waals surface area contributed by atoms with Gasteiger partial charge in [0.2, 0.25) is 5.95 Å². The van der Waals surface area contributed by atoms with Crippen molar-refractivity contribution in [3.63, 3.8) is 0 Å². The van der Waals surface area contributed by atoms with Crippen LogP contribution in [0, 0.1) is 0 Å². The smallest absolute Gasteiger partial charge is 0.321 e. The van der Waals surface area contributed by atoms with Crippen LogP contribution in [0.25, 0.3) is 0 Å². The molecule has 2 rings (SSSR count). The average molecular weight is 367 g/mol. The van der Waals surface area contributed by atoms with Crippen molar-refractivity contribution < 1.29 is 14.3 Å². The molecule has 2 N–H and O–H groups in total. The number of ether oxygens (including phenoxy) is 2. The van der Waals surface area contributed by atoms with Crippen LogP contribution in [-0.4, -0.2) is 30.2 Å². The van der Waals surface area contributed by atoms with Gasteiger partial charge >= 0.3 is 6.03 Å². The van der Waals surface area contributed by atoms with Crippen LogP contribution < -0.4 is 20.1 Å². The number of hydrogen-bond acceptors (Lipinski definition) is 5. The number of carbonyl (C=O) groups is 1. The Morgan fingerprint density at radius 1 is 1.18 bits per heavy atom. The van der Waals surface area contributed by atoms with E-state index in [2.05, 4.69) is 36.5 Å². The van der Waals surface area contributed by atoms with E-state index in [0.717, 1.165) is 10.0 Å². The number of rotatable bonds is 5. The van der Waals surface area contributed by atoms with Crippen molar-refractivity contribution >= 4 is 27.9 Å². The lowest BCUT2D eigenvalue weighted by Gasteiger charge is -2.10. The normalized spacial score (nSPS) is 9.95. The summed E-state index contributed by atoms with van der Waals surface area (Å²) in [6.07, 6.45) is 3.11. The van der Waals surface area contributed by atoms with Gasteiger partial charge in [-0.05, 0) is 33.6 Å². The molecule has 116 valence electrons. The fourth-order valence-electron chi connectivity index (χ4n) is 1.70. The molecule has 0 spiro atoms. The van der Waals surface area contributed by atoms with Crippen molar-refractivity contribution in [2.45, 2.75) is 6.54 Å².